The van der Waals surface area contributed by atoms with Crippen LogP contribution in [0.3, 0.4) is 0 Å². The topological polar surface area (TPSA) is 82.5 Å². The SMILES string of the molecule is Cc1cccc(C2C(=O)NCCN2Cc2cncc(C(=O)O)c2)c1. The molecule has 1 aliphatic rings. The van der Waals surface area contributed by atoms with E-state index in [2.05, 4.69) is 15.2 Å². The number of nitrogens with zero attached hydrogens (tertiary/aromatic N) is 2. The van der Waals surface area contributed by atoms with E-state index in [0.717, 1.165) is 16.7 Å². The molecule has 1 aromatic heterocycles. The van der Waals surface area contributed by atoms with Crippen molar-refractivity contribution < 1.29 is 14.7 Å². The molecule has 1 saturated heterocycles. The lowest BCUT2D eigenvalue weighted by molar-refractivity contribution is -0.129. The Morgan fingerprint density at radius 3 is 2.96 bits per heavy atom. The summed E-state index contributed by atoms with van der Waals surface area (Å²) in [5.41, 5.74) is 2.97. The lowest BCUT2D eigenvalue weighted by Crippen LogP contribution is -2.49. The monoisotopic (exact) mass is 325 g/mol. The van der Waals surface area contributed by atoms with Crippen LogP contribution >= 0.6 is 0 Å². The summed E-state index contributed by atoms with van der Waals surface area (Å²) in [6.45, 7) is 3.74. The van der Waals surface area contributed by atoms with E-state index in [1.807, 2.05) is 31.2 Å². The molecule has 1 amide bonds. The van der Waals surface area contributed by atoms with E-state index >= 15 is 0 Å². The smallest absolute Gasteiger partial charge is 0.337 e. The molecule has 2 aromatic rings. The van der Waals surface area contributed by atoms with Crippen LogP contribution in [-0.4, -0.2) is 40.0 Å². The second kappa shape index (κ2) is 6.80. The number of pyridine rings is 1. The third-order valence-electron chi connectivity index (χ3n) is 4.10. The van der Waals surface area contributed by atoms with Gasteiger partial charge in [0.15, 0.2) is 0 Å². The van der Waals surface area contributed by atoms with Crippen LogP contribution in [0.25, 0.3) is 0 Å². The van der Waals surface area contributed by atoms with Crippen LogP contribution < -0.4 is 5.32 Å². The van der Waals surface area contributed by atoms with E-state index in [0.29, 0.717) is 19.6 Å². The van der Waals surface area contributed by atoms with Gasteiger partial charge < -0.3 is 10.4 Å². The van der Waals surface area contributed by atoms with E-state index in [4.69, 9.17) is 5.11 Å². The van der Waals surface area contributed by atoms with Crippen LogP contribution in [0.4, 0.5) is 0 Å². The molecule has 1 aromatic carbocycles. The maximum atomic E-state index is 12.4. The molecule has 6 heteroatoms. The molecular formula is C18H19N3O3. The van der Waals surface area contributed by atoms with Crippen LogP contribution in [0.5, 0.6) is 0 Å². The fourth-order valence-corrected chi connectivity index (χ4v) is 3.01. The summed E-state index contributed by atoms with van der Waals surface area (Å²) in [7, 11) is 0. The van der Waals surface area contributed by atoms with Gasteiger partial charge in [-0.1, -0.05) is 29.8 Å². The predicted molar refractivity (Wildman–Crippen MR) is 88.5 cm³/mol. The molecule has 0 radical (unpaired) electrons. The van der Waals surface area contributed by atoms with Crippen molar-refractivity contribution >= 4 is 11.9 Å². The molecule has 0 aliphatic carbocycles. The molecule has 1 fully saturated rings. The second-order valence-electron chi connectivity index (χ2n) is 5.97. The van der Waals surface area contributed by atoms with Crippen molar-refractivity contribution in [2.75, 3.05) is 13.1 Å². The highest BCUT2D eigenvalue weighted by molar-refractivity contribution is 5.87. The number of amides is 1. The van der Waals surface area contributed by atoms with Gasteiger partial charge in [-0.2, -0.15) is 0 Å². The summed E-state index contributed by atoms with van der Waals surface area (Å²) in [6, 6.07) is 9.12. The van der Waals surface area contributed by atoms with Crippen molar-refractivity contribution in [3.05, 3.63) is 65.0 Å². The fraction of sp³-hybridized carbons (Fsp3) is 0.278. The molecule has 2 heterocycles. The number of hydrogen-bond donors (Lipinski definition) is 2. The Kier molecular flexibility index (Phi) is 4.57. The lowest BCUT2D eigenvalue weighted by atomic mass is 10.00. The normalized spacial score (nSPS) is 18.2. The van der Waals surface area contributed by atoms with Crippen molar-refractivity contribution in [1.82, 2.24) is 15.2 Å². The van der Waals surface area contributed by atoms with E-state index in [1.165, 1.54) is 6.20 Å². The minimum atomic E-state index is -1.00. The van der Waals surface area contributed by atoms with Crippen LogP contribution in [0.2, 0.25) is 0 Å². The van der Waals surface area contributed by atoms with Crippen molar-refractivity contribution in [3.8, 4) is 0 Å². The first-order valence-electron chi connectivity index (χ1n) is 7.80. The van der Waals surface area contributed by atoms with Gasteiger partial charge in [0.2, 0.25) is 5.91 Å². The van der Waals surface area contributed by atoms with Crippen LogP contribution in [0.1, 0.15) is 33.1 Å². The number of carbonyl (C=O) groups excluding carboxylic acids is 1. The molecule has 124 valence electrons. The number of rotatable bonds is 4. The molecule has 2 N–H and O–H groups in total. The number of aromatic carboxylic acids is 1. The first kappa shape index (κ1) is 16.1. The Morgan fingerprint density at radius 2 is 2.21 bits per heavy atom. The number of piperazine rings is 1. The quantitative estimate of drug-likeness (QED) is 0.895. The molecule has 0 saturated carbocycles. The van der Waals surface area contributed by atoms with Gasteiger partial charge in [-0.3, -0.25) is 14.7 Å². The number of aryl methyl sites for hydroxylation is 1. The summed E-state index contributed by atoms with van der Waals surface area (Å²) in [4.78, 5) is 29.6. The zero-order valence-electron chi connectivity index (χ0n) is 13.4. The number of carbonyl (C=O) groups is 2. The highest BCUT2D eigenvalue weighted by atomic mass is 16.4. The average molecular weight is 325 g/mol. The zero-order chi connectivity index (χ0) is 17.1. The summed E-state index contributed by atoms with van der Waals surface area (Å²) >= 11 is 0. The van der Waals surface area contributed by atoms with Gasteiger partial charge in [0.25, 0.3) is 0 Å². The molecule has 6 nitrogen and oxygen atoms in total. The Hall–Kier alpha value is -2.73. The largest absolute Gasteiger partial charge is 0.478 e. The van der Waals surface area contributed by atoms with Crippen molar-refractivity contribution in [3.63, 3.8) is 0 Å². The summed E-state index contributed by atoms with van der Waals surface area (Å²) in [5, 5.41) is 12.0. The highest BCUT2D eigenvalue weighted by Crippen LogP contribution is 2.25. The number of nitrogens with one attached hydrogen (secondary N) is 1. The number of aromatic nitrogens is 1. The number of benzene rings is 1. The Bertz CT molecular complexity index is 776. The van der Waals surface area contributed by atoms with Crippen molar-refractivity contribution in [2.24, 2.45) is 0 Å². The van der Waals surface area contributed by atoms with E-state index < -0.39 is 5.97 Å². The number of carboxylic acids is 1. The maximum absolute atomic E-state index is 12.4. The van der Waals surface area contributed by atoms with Gasteiger partial charge in [0.05, 0.1) is 5.56 Å². The van der Waals surface area contributed by atoms with Gasteiger partial charge >= 0.3 is 5.97 Å². The van der Waals surface area contributed by atoms with E-state index in [9.17, 15) is 9.59 Å². The number of carboxylic acid groups (broad SMARTS) is 1. The predicted octanol–water partition coefficient (Wildman–Crippen LogP) is 1.76. The van der Waals surface area contributed by atoms with Gasteiger partial charge in [-0.25, -0.2) is 4.79 Å². The molecule has 24 heavy (non-hydrogen) atoms. The molecule has 0 bridgehead atoms. The summed E-state index contributed by atoms with van der Waals surface area (Å²) < 4.78 is 0. The maximum Gasteiger partial charge on any atom is 0.337 e. The minimum Gasteiger partial charge on any atom is -0.478 e. The summed E-state index contributed by atoms with van der Waals surface area (Å²) in [6.07, 6.45) is 2.97. The molecule has 0 spiro atoms. The Balaban J connectivity index is 1.88. The number of hydrogen-bond acceptors (Lipinski definition) is 4. The Labute approximate surface area is 140 Å². The van der Waals surface area contributed by atoms with Gasteiger partial charge in [0, 0.05) is 32.0 Å². The molecule has 1 aliphatic heterocycles. The fourth-order valence-electron chi connectivity index (χ4n) is 3.01. The van der Waals surface area contributed by atoms with Crippen molar-refractivity contribution in [2.45, 2.75) is 19.5 Å². The van der Waals surface area contributed by atoms with Crippen molar-refractivity contribution in [1.29, 1.82) is 0 Å². The molecule has 1 unspecified atom stereocenters. The first-order chi connectivity index (χ1) is 11.5. The van der Waals surface area contributed by atoms with E-state index in [1.54, 1.807) is 12.3 Å². The van der Waals surface area contributed by atoms with Gasteiger partial charge in [0.1, 0.15) is 6.04 Å². The standard InChI is InChI=1S/C18H19N3O3/c1-12-3-2-4-14(7-12)16-17(22)20-5-6-21(16)11-13-8-15(18(23)24)10-19-9-13/h2-4,7-10,16H,5-6,11H2,1H3,(H,20,22)(H,23,24). The van der Waals surface area contributed by atoms with E-state index in [-0.39, 0.29) is 17.5 Å². The Morgan fingerprint density at radius 1 is 1.38 bits per heavy atom. The van der Waals surface area contributed by atoms with Crippen LogP contribution in [0.15, 0.2) is 42.7 Å². The first-order valence-corrected chi connectivity index (χ1v) is 7.80. The molecule has 3 rings (SSSR count). The minimum absolute atomic E-state index is 0.0331. The molecular weight excluding hydrogens is 306 g/mol. The zero-order valence-corrected chi connectivity index (χ0v) is 13.4. The highest BCUT2D eigenvalue weighted by Gasteiger charge is 2.31. The summed E-state index contributed by atoms with van der Waals surface area (Å²) in [5.74, 6) is -1.04. The average Bonchev–Trinajstić information content (AvgIpc) is 2.55. The third-order valence-corrected chi connectivity index (χ3v) is 4.10. The van der Waals surface area contributed by atoms with Gasteiger partial charge in [-0.05, 0) is 24.1 Å². The molecule has 1 atom stereocenters. The van der Waals surface area contributed by atoms with Crippen LogP contribution in [-0.2, 0) is 11.3 Å². The third kappa shape index (κ3) is 3.44. The van der Waals surface area contributed by atoms with Crippen LogP contribution in [0, 0.1) is 6.92 Å². The second-order valence-corrected chi connectivity index (χ2v) is 5.97. The lowest BCUT2D eigenvalue weighted by Gasteiger charge is -2.35. The van der Waals surface area contributed by atoms with Gasteiger partial charge in [-0.15, -0.1) is 0 Å².